The first-order chi connectivity index (χ1) is 9.31. The average Bonchev–Trinajstić information content (AvgIpc) is 2.45. The molecule has 0 heterocycles. The number of fused-ring (bicyclic) bond motifs is 1. The highest BCUT2D eigenvalue weighted by Crippen LogP contribution is 2.18. The summed E-state index contributed by atoms with van der Waals surface area (Å²) >= 11 is 0. The summed E-state index contributed by atoms with van der Waals surface area (Å²) in [6.45, 7) is 7.48. The van der Waals surface area contributed by atoms with E-state index in [1.54, 1.807) is 0 Å². The second-order valence-corrected chi connectivity index (χ2v) is 5.12. The lowest BCUT2D eigenvalue weighted by molar-refractivity contribution is 0.502. The van der Waals surface area contributed by atoms with Crippen molar-refractivity contribution in [1.82, 2.24) is 10.6 Å². The van der Waals surface area contributed by atoms with Crippen LogP contribution >= 0.6 is 0 Å². The van der Waals surface area contributed by atoms with Gasteiger partial charge >= 0.3 is 0 Å². The van der Waals surface area contributed by atoms with Crippen molar-refractivity contribution in [3.63, 3.8) is 0 Å². The van der Waals surface area contributed by atoms with Crippen molar-refractivity contribution < 1.29 is 0 Å². The molecule has 2 rings (SSSR count). The first-order valence-corrected chi connectivity index (χ1v) is 7.22. The fraction of sp³-hybridized carbons (Fsp3) is 0.412. The normalized spacial score (nSPS) is 12.7. The Morgan fingerprint density at radius 3 is 2.68 bits per heavy atom. The Morgan fingerprint density at radius 1 is 1.05 bits per heavy atom. The van der Waals surface area contributed by atoms with Crippen LogP contribution in [0.1, 0.15) is 25.8 Å². The van der Waals surface area contributed by atoms with Gasteiger partial charge in [-0.2, -0.15) is 0 Å². The van der Waals surface area contributed by atoms with Crippen molar-refractivity contribution in [2.24, 2.45) is 0 Å². The van der Waals surface area contributed by atoms with Gasteiger partial charge in [-0.1, -0.05) is 49.4 Å². The minimum absolute atomic E-state index is 0.491. The van der Waals surface area contributed by atoms with Crippen LogP contribution in [-0.4, -0.2) is 19.1 Å². The summed E-state index contributed by atoms with van der Waals surface area (Å²) in [5.74, 6) is 0. The third-order valence-electron chi connectivity index (χ3n) is 3.40. The number of hydrogen-bond acceptors (Lipinski definition) is 2. The molecule has 0 aliphatic rings. The van der Waals surface area contributed by atoms with Gasteiger partial charge in [0.05, 0.1) is 0 Å². The summed E-state index contributed by atoms with van der Waals surface area (Å²) < 4.78 is 0. The molecule has 2 nitrogen and oxygen atoms in total. The van der Waals surface area contributed by atoms with Crippen LogP contribution in [0.15, 0.2) is 42.5 Å². The largest absolute Gasteiger partial charge is 0.315 e. The highest BCUT2D eigenvalue weighted by Gasteiger charge is 2.03. The quantitative estimate of drug-likeness (QED) is 0.743. The van der Waals surface area contributed by atoms with E-state index in [1.165, 1.54) is 22.8 Å². The van der Waals surface area contributed by atoms with Gasteiger partial charge in [0, 0.05) is 19.1 Å². The lowest BCUT2D eigenvalue weighted by Crippen LogP contribution is -2.36. The molecule has 0 radical (unpaired) electrons. The maximum atomic E-state index is 3.59. The number of nitrogens with one attached hydrogen (secondary N) is 2. The highest BCUT2D eigenvalue weighted by atomic mass is 15.0. The predicted molar refractivity (Wildman–Crippen MR) is 83.4 cm³/mol. The lowest BCUT2D eigenvalue weighted by atomic mass is 10.0. The fourth-order valence-electron chi connectivity index (χ4n) is 2.30. The Hall–Kier alpha value is -1.38. The minimum atomic E-state index is 0.491. The zero-order chi connectivity index (χ0) is 13.5. The molecule has 0 saturated heterocycles. The van der Waals surface area contributed by atoms with Gasteiger partial charge in [0.15, 0.2) is 0 Å². The third-order valence-corrected chi connectivity index (χ3v) is 3.40. The molecule has 0 amide bonds. The smallest absolute Gasteiger partial charge is 0.0214 e. The van der Waals surface area contributed by atoms with E-state index in [-0.39, 0.29) is 0 Å². The molecule has 0 fully saturated rings. The molecule has 2 N–H and O–H groups in total. The van der Waals surface area contributed by atoms with E-state index in [0.29, 0.717) is 6.04 Å². The Labute approximate surface area is 116 Å². The molecule has 19 heavy (non-hydrogen) atoms. The summed E-state index contributed by atoms with van der Waals surface area (Å²) in [7, 11) is 0. The van der Waals surface area contributed by atoms with Crippen LogP contribution in [0, 0.1) is 0 Å². The summed E-state index contributed by atoms with van der Waals surface area (Å²) in [5, 5.41) is 9.70. The maximum Gasteiger partial charge on any atom is 0.0214 e. The molecule has 0 aliphatic carbocycles. The van der Waals surface area contributed by atoms with Crippen LogP contribution in [0.4, 0.5) is 0 Å². The Balaban J connectivity index is 1.94. The Morgan fingerprint density at radius 2 is 1.84 bits per heavy atom. The maximum absolute atomic E-state index is 3.59. The van der Waals surface area contributed by atoms with E-state index >= 15 is 0 Å². The molecule has 0 spiro atoms. The van der Waals surface area contributed by atoms with E-state index < -0.39 is 0 Å². The SMILES string of the molecule is CCCNCC(C)NCc1cccc2ccccc12. The van der Waals surface area contributed by atoms with Gasteiger partial charge in [0.2, 0.25) is 0 Å². The van der Waals surface area contributed by atoms with Gasteiger partial charge < -0.3 is 10.6 Å². The van der Waals surface area contributed by atoms with Gasteiger partial charge in [0.1, 0.15) is 0 Å². The van der Waals surface area contributed by atoms with E-state index in [9.17, 15) is 0 Å². The van der Waals surface area contributed by atoms with Crippen molar-refractivity contribution in [3.05, 3.63) is 48.0 Å². The molecule has 0 bridgehead atoms. The second kappa shape index (κ2) is 7.27. The van der Waals surface area contributed by atoms with Crippen molar-refractivity contribution in [2.75, 3.05) is 13.1 Å². The van der Waals surface area contributed by atoms with Gasteiger partial charge in [-0.3, -0.25) is 0 Å². The van der Waals surface area contributed by atoms with E-state index in [2.05, 4.69) is 66.9 Å². The predicted octanol–water partition coefficient (Wildman–Crippen LogP) is 3.32. The van der Waals surface area contributed by atoms with Crippen molar-refractivity contribution in [1.29, 1.82) is 0 Å². The Kier molecular flexibility index (Phi) is 5.37. The molecule has 0 aliphatic heterocycles. The summed E-state index contributed by atoms with van der Waals surface area (Å²) in [6.07, 6.45) is 1.19. The first-order valence-electron chi connectivity index (χ1n) is 7.22. The topological polar surface area (TPSA) is 24.1 Å². The molecular formula is C17H24N2. The van der Waals surface area contributed by atoms with Crippen molar-refractivity contribution >= 4 is 10.8 Å². The molecule has 2 aromatic carbocycles. The van der Waals surface area contributed by atoms with E-state index in [1.807, 2.05) is 0 Å². The highest BCUT2D eigenvalue weighted by molar-refractivity contribution is 5.85. The number of rotatable bonds is 7. The van der Waals surface area contributed by atoms with E-state index in [4.69, 9.17) is 0 Å². The monoisotopic (exact) mass is 256 g/mol. The van der Waals surface area contributed by atoms with Gasteiger partial charge in [-0.25, -0.2) is 0 Å². The van der Waals surface area contributed by atoms with Gasteiger partial charge in [0.25, 0.3) is 0 Å². The first kappa shape index (κ1) is 14.0. The third kappa shape index (κ3) is 4.05. The number of hydrogen-bond donors (Lipinski definition) is 2. The molecule has 2 heteroatoms. The standard InChI is InChI=1S/C17H24N2/c1-3-11-18-12-14(2)19-13-16-9-6-8-15-7-4-5-10-17(15)16/h4-10,14,18-19H,3,11-13H2,1-2H3. The zero-order valence-corrected chi connectivity index (χ0v) is 11.9. The number of benzene rings is 2. The van der Waals surface area contributed by atoms with Crippen LogP contribution in [0.25, 0.3) is 10.8 Å². The molecule has 102 valence electrons. The van der Waals surface area contributed by atoms with Crippen molar-refractivity contribution in [2.45, 2.75) is 32.9 Å². The second-order valence-electron chi connectivity index (χ2n) is 5.12. The van der Waals surface area contributed by atoms with Gasteiger partial charge in [-0.15, -0.1) is 0 Å². The Bertz CT molecular complexity index is 502. The van der Waals surface area contributed by atoms with Crippen LogP contribution in [-0.2, 0) is 6.54 Å². The summed E-state index contributed by atoms with van der Waals surface area (Å²) in [4.78, 5) is 0. The van der Waals surface area contributed by atoms with Crippen LogP contribution in [0.5, 0.6) is 0 Å². The van der Waals surface area contributed by atoms with Gasteiger partial charge in [-0.05, 0) is 36.2 Å². The average molecular weight is 256 g/mol. The fourth-order valence-corrected chi connectivity index (χ4v) is 2.30. The molecular weight excluding hydrogens is 232 g/mol. The van der Waals surface area contributed by atoms with Crippen molar-refractivity contribution in [3.8, 4) is 0 Å². The molecule has 1 atom stereocenters. The minimum Gasteiger partial charge on any atom is -0.315 e. The van der Waals surface area contributed by atoms with Crippen LogP contribution < -0.4 is 10.6 Å². The summed E-state index contributed by atoms with van der Waals surface area (Å²) in [5.41, 5.74) is 1.38. The van der Waals surface area contributed by atoms with Crippen LogP contribution in [0.2, 0.25) is 0 Å². The molecule has 0 saturated carbocycles. The lowest BCUT2D eigenvalue weighted by Gasteiger charge is -2.15. The zero-order valence-electron chi connectivity index (χ0n) is 11.9. The van der Waals surface area contributed by atoms with E-state index in [0.717, 1.165) is 19.6 Å². The summed E-state index contributed by atoms with van der Waals surface area (Å²) in [6, 6.07) is 15.6. The molecule has 1 unspecified atom stereocenters. The van der Waals surface area contributed by atoms with Crippen LogP contribution in [0.3, 0.4) is 0 Å². The molecule has 2 aromatic rings. The molecule has 0 aromatic heterocycles.